The summed E-state index contributed by atoms with van der Waals surface area (Å²) in [5.74, 6) is 1.65. The standard InChI is InChI=1S/C18H15N3O/c1-2-7-16-14(5-1)13-17(22-16)18-20-10-12-21(18)11-8-15-6-3-4-9-19-15/h1-7,9-10,12-13H,8,11H2. The van der Waals surface area contributed by atoms with E-state index in [1.165, 1.54) is 0 Å². The van der Waals surface area contributed by atoms with E-state index >= 15 is 0 Å². The zero-order chi connectivity index (χ0) is 14.8. The van der Waals surface area contributed by atoms with Gasteiger partial charge in [-0.1, -0.05) is 24.3 Å². The molecular formula is C18H15N3O. The summed E-state index contributed by atoms with van der Waals surface area (Å²) < 4.78 is 8.01. The molecule has 0 unspecified atom stereocenters. The van der Waals surface area contributed by atoms with Crippen LogP contribution in [-0.4, -0.2) is 14.5 Å². The van der Waals surface area contributed by atoms with Crippen LogP contribution in [0.15, 0.2) is 71.5 Å². The second kappa shape index (κ2) is 5.48. The first-order valence-electron chi connectivity index (χ1n) is 7.30. The topological polar surface area (TPSA) is 43.9 Å². The first-order valence-corrected chi connectivity index (χ1v) is 7.30. The lowest BCUT2D eigenvalue weighted by atomic mass is 10.2. The van der Waals surface area contributed by atoms with Gasteiger partial charge in [0.15, 0.2) is 11.6 Å². The Morgan fingerprint density at radius 3 is 2.73 bits per heavy atom. The van der Waals surface area contributed by atoms with E-state index in [2.05, 4.69) is 14.5 Å². The maximum Gasteiger partial charge on any atom is 0.176 e. The van der Waals surface area contributed by atoms with Gasteiger partial charge in [-0.3, -0.25) is 4.98 Å². The molecule has 0 atom stereocenters. The van der Waals surface area contributed by atoms with E-state index in [0.29, 0.717) is 0 Å². The van der Waals surface area contributed by atoms with Crippen LogP contribution in [0, 0.1) is 0 Å². The van der Waals surface area contributed by atoms with Gasteiger partial charge >= 0.3 is 0 Å². The van der Waals surface area contributed by atoms with Crippen LogP contribution in [0.25, 0.3) is 22.6 Å². The van der Waals surface area contributed by atoms with Gasteiger partial charge in [0.1, 0.15) is 5.58 Å². The summed E-state index contributed by atoms with van der Waals surface area (Å²) in [6.07, 6.45) is 6.47. The number of para-hydroxylation sites is 1. The van der Waals surface area contributed by atoms with Crippen LogP contribution in [-0.2, 0) is 13.0 Å². The summed E-state index contributed by atoms with van der Waals surface area (Å²) in [6, 6.07) is 16.0. The molecule has 4 nitrogen and oxygen atoms in total. The lowest BCUT2D eigenvalue weighted by Gasteiger charge is -2.05. The number of aromatic nitrogens is 3. The molecular weight excluding hydrogens is 274 g/mol. The molecule has 1 aromatic carbocycles. The Morgan fingerprint density at radius 2 is 1.86 bits per heavy atom. The number of imidazole rings is 1. The van der Waals surface area contributed by atoms with Gasteiger partial charge in [0.2, 0.25) is 0 Å². The number of hydrogen-bond acceptors (Lipinski definition) is 3. The number of pyridine rings is 1. The number of hydrogen-bond donors (Lipinski definition) is 0. The van der Waals surface area contributed by atoms with E-state index in [0.717, 1.165) is 41.2 Å². The second-order valence-corrected chi connectivity index (χ2v) is 5.16. The minimum absolute atomic E-state index is 0.798. The highest BCUT2D eigenvalue weighted by molar-refractivity contribution is 5.81. The molecule has 0 N–H and O–H groups in total. The fourth-order valence-electron chi connectivity index (χ4n) is 2.59. The van der Waals surface area contributed by atoms with Gasteiger partial charge in [0.25, 0.3) is 0 Å². The number of fused-ring (bicyclic) bond motifs is 1. The average molecular weight is 289 g/mol. The van der Waals surface area contributed by atoms with Crippen molar-refractivity contribution in [3.63, 3.8) is 0 Å². The first-order chi connectivity index (χ1) is 10.9. The molecule has 4 heteroatoms. The van der Waals surface area contributed by atoms with E-state index in [1.807, 2.05) is 60.9 Å². The normalized spacial score (nSPS) is 11.1. The predicted molar refractivity (Wildman–Crippen MR) is 85.4 cm³/mol. The number of rotatable bonds is 4. The van der Waals surface area contributed by atoms with Crippen LogP contribution in [0.1, 0.15) is 5.69 Å². The van der Waals surface area contributed by atoms with Gasteiger partial charge in [0.05, 0.1) is 0 Å². The summed E-state index contributed by atoms with van der Waals surface area (Å²) in [4.78, 5) is 8.80. The van der Waals surface area contributed by atoms with Crippen molar-refractivity contribution in [3.8, 4) is 11.6 Å². The monoisotopic (exact) mass is 289 g/mol. The lowest BCUT2D eigenvalue weighted by Crippen LogP contribution is -2.03. The molecule has 0 saturated heterocycles. The van der Waals surface area contributed by atoms with Crippen LogP contribution in [0.5, 0.6) is 0 Å². The SMILES string of the molecule is c1ccc(CCn2ccnc2-c2cc3ccccc3o2)nc1. The molecule has 3 aromatic heterocycles. The Morgan fingerprint density at radius 1 is 0.955 bits per heavy atom. The molecule has 0 radical (unpaired) electrons. The Hall–Kier alpha value is -2.88. The van der Waals surface area contributed by atoms with Crippen LogP contribution in [0.3, 0.4) is 0 Å². The van der Waals surface area contributed by atoms with Crippen molar-refractivity contribution in [3.05, 3.63) is 72.8 Å². The van der Waals surface area contributed by atoms with E-state index in [-0.39, 0.29) is 0 Å². The summed E-state index contributed by atoms with van der Waals surface area (Å²) in [6.45, 7) is 0.823. The smallest absolute Gasteiger partial charge is 0.176 e. The van der Waals surface area contributed by atoms with E-state index in [9.17, 15) is 0 Å². The molecule has 0 aliphatic heterocycles. The summed E-state index contributed by atoms with van der Waals surface area (Å²) in [5.41, 5.74) is 1.96. The first kappa shape index (κ1) is 12.8. The van der Waals surface area contributed by atoms with Gasteiger partial charge in [-0.2, -0.15) is 0 Å². The van der Waals surface area contributed by atoms with Gasteiger partial charge in [0, 0.05) is 42.6 Å². The van der Waals surface area contributed by atoms with Gasteiger partial charge in [-0.15, -0.1) is 0 Å². The minimum atomic E-state index is 0.798. The number of nitrogens with zero attached hydrogens (tertiary/aromatic N) is 3. The number of furan rings is 1. The fourth-order valence-corrected chi connectivity index (χ4v) is 2.59. The molecule has 0 aliphatic rings. The second-order valence-electron chi connectivity index (χ2n) is 5.16. The molecule has 3 heterocycles. The van der Waals surface area contributed by atoms with Crippen LogP contribution in [0.2, 0.25) is 0 Å². The van der Waals surface area contributed by atoms with Crippen molar-refractivity contribution in [1.82, 2.24) is 14.5 Å². The highest BCUT2D eigenvalue weighted by atomic mass is 16.3. The summed E-state index contributed by atoms with van der Waals surface area (Å²) >= 11 is 0. The van der Waals surface area contributed by atoms with Crippen molar-refractivity contribution in [2.75, 3.05) is 0 Å². The van der Waals surface area contributed by atoms with Gasteiger partial charge in [-0.05, 0) is 24.3 Å². The number of aryl methyl sites for hydroxylation is 2. The molecule has 0 fully saturated rings. The van der Waals surface area contributed by atoms with Crippen LogP contribution >= 0.6 is 0 Å². The Balaban J connectivity index is 1.62. The van der Waals surface area contributed by atoms with Crippen molar-refractivity contribution < 1.29 is 4.42 Å². The third-order valence-corrected chi connectivity index (χ3v) is 3.70. The van der Waals surface area contributed by atoms with E-state index in [4.69, 9.17) is 4.42 Å². The molecule has 0 aliphatic carbocycles. The maximum absolute atomic E-state index is 5.91. The van der Waals surface area contributed by atoms with Crippen molar-refractivity contribution >= 4 is 11.0 Å². The highest BCUT2D eigenvalue weighted by Crippen LogP contribution is 2.26. The number of benzene rings is 1. The molecule has 0 bridgehead atoms. The van der Waals surface area contributed by atoms with Gasteiger partial charge < -0.3 is 8.98 Å². The molecule has 108 valence electrons. The Labute approximate surface area is 128 Å². The van der Waals surface area contributed by atoms with Gasteiger partial charge in [-0.25, -0.2) is 4.98 Å². The molecule has 0 amide bonds. The third-order valence-electron chi connectivity index (χ3n) is 3.70. The minimum Gasteiger partial charge on any atom is -0.453 e. The van der Waals surface area contributed by atoms with Crippen molar-refractivity contribution in [2.24, 2.45) is 0 Å². The average Bonchev–Trinajstić information content (AvgIpc) is 3.20. The Bertz CT molecular complexity index is 860. The zero-order valence-electron chi connectivity index (χ0n) is 12.0. The third kappa shape index (κ3) is 2.39. The van der Waals surface area contributed by atoms with Crippen LogP contribution < -0.4 is 0 Å². The molecule has 0 spiro atoms. The quantitative estimate of drug-likeness (QED) is 0.571. The largest absolute Gasteiger partial charge is 0.453 e. The van der Waals surface area contributed by atoms with Crippen LogP contribution in [0.4, 0.5) is 0 Å². The highest BCUT2D eigenvalue weighted by Gasteiger charge is 2.11. The summed E-state index contributed by atoms with van der Waals surface area (Å²) in [7, 11) is 0. The molecule has 0 saturated carbocycles. The van der Waals surface area contributed by atoms with E-state index < -0.39 is 0 Å². The van der Waals surface area contributed by atoms with Crippen molar-refractivity contribution in [2.45, 2.75) is 13.0 Å². The fraction of sp³-hybridized carbons (Fsp3) is 0.111. The Kier molecular flexibility index (Phi) is 3.20. The summed E-state index contributed by atoms with van der Waals surface area (Å²) in [5, 5.41) is 1.09. The maximum atomic E-state index is 5.91. The van der Waals surface area contributed by atoms with Crippen molar-refractivity contribution in [1.29, 1.82) is 0 Å². The zero-order valence-corrected chi connectivity index (χ0v) is 12.0. The van der Waals surface area contributed by atoms with E-state index in [1.54, 1.807) is 6.20 Å². The molecule has 4 aromatic rings. The lowest BCUT2D eigenvalue weighted by molar-refractivity contribution is 0.607. The molecule has 4 rings (SSSR count). The predicted octanol–water partition coefficient (Wildman–Crippen LogP) is 3.93. The molecule has 22 heavy (non-hydrogen) atoms.